The van der Waals surface area contributed by atoms with Crippen LogP contribution in [0.25, 0.3) is 0 Å². The lowest BCUT2D eigenvalue weighted by atomic mass is 10.2. The Balaban J connectivity index is 2.36. The van der Waals surface area contributed by atoms with E-state index in [2.05, 4.69) is 40.0 Å². The van der Waals surface area contributed by atoms with Crippen molar-refractivity contribution in [2.24, 2.45) is 0 Å². The Bertz CT molecular complexity index is 279. The van der Waals surface area contributed by atoms with Crippen LogP contribution >= 0.6 is 15.9 Å². The maximum Gasteiger partial charge on any atom is 0.109 e. The van der Waals surface area contributed by atoms with Crippen molar-refractivity contribution in [1.29, 1.82) is 0 Å². The van der Waals surface area contributed by atoms with Crippen molar-refractivity contribution in [3.8, 4) is 0 Å². The number of halogens is 1. The van der Waals surface area contributed by atoms with E-state index in [1.165, 1.54) is 24.1 Å². The zero-order chi connectivity index (χ0) is 7.84. The molecule has 2 rings (SSSR count). The molecule has 0 spiro atoms. The molecule has 1 aromatic heterocycles. The molecule has 0 amide bonds. The van der Waals surface area contributed by atoms with Crippen molar-refractivity contribution >= 4 is 15.9 Å². The molecule has 58 valence electrons. The lowest BCUT2D eigenvalue weighted by molar-refractivity contribution is 0.999. The van der Waals surface area contributed by atoms with Crippen molar-refractivity contribution in [2.75, 3.05) is 0 Å². The molecule has 11 heavy (non-hydrogen) atoms. The quantitative estimate of drug-likeness (QED) is 0.652. The topological polar surface area (TPSA) is 12.9 Å². The maximum absolute atomic E-state index is 4.45. The molecule has 1 fully saturated rings. The monoisotopic (exact) mass is 211 g/mol. The first-order valence-electron chi connectivity index (χ1n) is 3.90. The van der Waals surface area contributed by atoms with Crippen molar-refractivity contribution < 1.29 is 0 Å². The molecule has 0 aliphatic heterocycles. The van der Waals surface area contributed by atoms with Gasteiger partial charge in [0.2, 0.25) is 0 Å². The summed E-state index contributed by atoms with van der Waals surface area (Å²) in [5.74, 6) is 0.756. The van der Waals surface area contributed by atoms with Crippen molar-refractivity contribution in [3.63, 3.8) is 0 Å². The van der Waals surface area contributed by atoms with Gasteiger partial charge in [-0.05, 0) is 47.3 Å². The molecule has 0 unspecified atom stereocenters. The first-order chi connectivity index (χ1) is 5.27. The van der Waals surface area contributed by atoms with Crippen LogP contribution in [0.15, 0.2) is 16.7 Å². The third kappa shape index (κ3) is 1.45. The van der Waals surface area contributed by atoms with Gasteiger partial charge in [0, 0.05) is 11.6 Å². The molecule has 0 N–H and O–H groups in total. The fraction of sp³-hybridized carbons (Fsp3) is 0.444. The second-order valence-corrected chi connectivity index (χ2v) is 3.87. The van der Waals surface area contributed by atoms with E-state index in [-0.39, 0.29) is 0 Å². The summed E-state index contributed by atoms with van der Waals surface area (Å²) in [6.45, 7) is 2.06. The Morgan fingerprint density at radius 2 is 2.18 bits per heavy atom. The first kappa shape index (κ1) is 7.29. The van der Waals surface area contributed by atoms with Crippen LogP contribution in [0.3, 0.4) is 0 Å². The third-order valence-electron chi connectivity index (χ3n) is 2.05. The van der Waals surface area contributed by atoms with Gasteiger partial charge < -0.3 is 0 Å². The fourth-order valence-electron chi connectivity index (χ4n) is 1.12. The summed E-state index contributed by atoms with van der Waals surface area (Å²) in [5.41, 5.74) is 2.47. The van der Waals surface area contributed by atoms with E-state index < -0.39 is 0 Å². The van der Waals surface area contributed by atoms with Gasteiger partial charge in [-0.25, -0.2) is 4.98 Å². The molecule has 2 heteroatoms. The van der Waals surface area contributed by atoms with Gasteiger partial charge in [0.05, 0.1) is 0 Å². The highest BCUT2D eigenvalue weighted by atomic mass is 79.9. The zero-order valence-electron chi connectivity index (χ0n) is 6.47. The van der Waals surface area contributed by atoms with Gasteiger partial charge in [-0.2, -0.15) is 0 Å². The predicted molar refractivity (Wildman–Crippen MR) is 48.6 cm³/mol. The SMILES string of the molecule is Cc1ccc(C2CC2)nc1Br. The molecule has 0 aromatic carbocycles. The van der Waals surface area contributed by atoms with Crippen LogP contribution in [-0.4, -0.2) is 4.98 Å². The minimum absolute atomic E-state index is 0.756. The molecular weight excluding hydrogens is 202 g/mol. The molecule has 1 aliphatic rings. The van der Waals surface area contributed by atoms with Crippen LogP contribution < -0.4 is 0 Å². The van der Waals surface area contributed by atoms with Gasteiger partial charge in [-0.3, -0.25) is 0 Å². The summed E-state index contributed by atoms with van der Waals surface area (Å²) in [6.07, 6.45) is 2.64. The highest BCUT2D eigenvalue weighted by molar-refractivity contribution is 9.10. The smallest absolute Gasteiger partial charge is 0.109 e. The number of hydrogen-bond donors (Lipinski definition) is 0. The molecule has 1 saturated carbocycles. The number of aryl methyl sites for hydroxylation is 1. The predicted octanol–water partition coefficient (Wildman–Crippen LogP) is 3.03. The second kappa shape index (κ2) is 2.59. The van der Waals surface area contributed by atoms with Crippen LogP contribution in [-0.2, 0) is 0 Å². The Morgan fingerprint density at radius 3 is 2.73 bits per heavy atom. The average Bonchev–Trinajstić information content (AvgIpc) is 2.77. The van der Waals surface area contributed by atoms with Gasteiger partial charge in [0.25, 0.3) is 0 Å². The highest BCUT2D eigenvalue weighted by Gasteiger charge is 2.24. The average molecular weight is 212 g/mol. The first-order valence-corrected chi connectivity index (χ1v) is 4.70. The minimum atomic E-state index is 0.756. The van der Waals surface area contributed by atoms with Crippen molar-refractivity contribution in [2.45, 2.75) is 25.7 Å². The van der Waals surface area contributed by atoms with Gasteiger partial charge >= 0.3 is 0 Å². The molecule has 0 atom stereocenters. The molecule has 0 radical (unpaired) electrons. The van der Waals surface area contributed by atoms with E-state index in [4.69, 9.17) is 0 Å². The lowest BCUT2D eigenvalue weighted by Crippen LogP contribution is -1.88. The molecule has 0 saturated heterocycles. The van der Waals surface area contributed by atoms with Gasteiger partial charge in [-0.1, -0.05) is 6.07 Å². The van der Waals surface area contributed by atoms with E-state index in [1.54, 1.807) is 0 Å². The van der Waals surface area contributed by atoms with Crippen molar-refractivity contribution in [1.82, 2.24) is 4.98 Å². The highest BCUT2D eigenvalue weighted by Crippen LogP contribution is 2.39. The number of aromatic nitrogens is 1. The van der Waals surface area contributed by atoms with E-state index in [9.17, 15) is 0 Å². The molecule has 1 heterocycles. The second-order valence-electron chi connectivity index (χ2n) is 3.12. The van der Waals surface area contributed by atoms with Crippen LogP contribution in [0.2, 0.25) is 0 Å². The lowest BCUT2D eigenvalue weighted by Gasteiger charge is -1.99. The van der Waals surface area contributed by atoms with Crippen LogP contribution in [0.5, 0.6) is 0 Å². The fourth-order valence-corrected chi connectivity index (χ4v) is 1.46. The summed E-state index contributed by atoms with van der Waals surface area (Å²) in [5, 5.41) is 0. The van der Waals surface area contributed by atoms with Gasteiger partial charge in [-0.15, -0.1) is 0 Å². The third-order valence-corrected chi connectivity index (χ3v) is 2.86. The zero-order valence-corrected chi connectivity index (χ0v) is 8.06. The van der Waals surface area contributed by atoms with Gasteiger partial charge in [0.15, 0.2) is 0 Å². The van der Waals surface area contributed by atoms with E-state index in [0.717, 1.165) is 10.5 Å². The molecule has 1 nitrogen and oxygen atoms in total. The Labute approximate surface area is 75.0 Å². The van der Waals surface area contributed by atoms with Crippen LogP contribution in [0, 0.1) is 6.92 Å². The van der Waals surface area contributed by atoms with Crippen LogP contribution in [0.4, 0.5) is 0 Å². The summed E-state index contributed by atoms with van der Waals surface area (Å²) >= 11 is 3.43. The Kier molecular flexibility index (Phi) is 1.72. The summed E-state index contributed by atoms with van der Waals surface area (Å²) in [6, 6.07) is 4.27. The van der Waals surface area contributed by atoms with Gasteiger partial charge in [0.1, 0.15) is 4.60 Å². The molecule has 0 bridgehead atoms. The summed E-state index contributed by atoms with van der Waals surface area (Å²) in [4.78, 5) is 4.45. The maximum atomic E-state index is 4.45. The summed E-state index contributed by atoms with van der Waals surface area (Å²) < 4.78 is 1.00. The standard InChI is InChI=1S/C9H10BrN/c1-6-2-5-8(7-3-4-7)11-9(6)10/h2,5,7H,3-4H2,1H3. The Hall–Kier alpha value is -0.370. The number of pyridine rings is 1. The number of hydrogen-bond acceptors (Lipinski definition) is 1. The minimum Gasteiger partial charge on any atom is -0.245 e. The molecular formula is C9H10BrN. The van der Waals surface area contributed by atoms with Crippen molar-refractivity contribution in [3.05, 3.63) is 28.0 Å². The van der Waals surface area contributed by atoms with Crippen LogP contribution in [0.1, 0.15) is 30.0 Å². The van der Waals surface area contributed by atoms with E-state index >= 15 is 0 Å². The Morgan fingerprint density at radius 1 is 1.45 bits per heavy atom. The molecule has 1 aliphatic carbocycles. The number of nitrogens with zero attached hydrogens (tertiary/aromatic N) is 1. The number of rotatable bonds is 1. The largest absolute Gasteiger partial charge is 0.245 e. The molecule has 1 aromatic rings. The summed E-state index contributed by atoms with van der Waals surface area (Å²) in [7, 11) is 0. The van der Waals surface area contributed by atoms with E-state index in [1.807, 2.05) is 0 Å². The van der Waals surface area contributed by atoms with E-state index in [0.29, 0.717) is 0 Å². The normalized spacial score (nSPS) is 16.9.